The largest absolute Gasteiger partial charge is 0.350 e. The van der Waals surface area contributed by atoms with Crippen LogP contribution in [0.2, 0.25) is 0 Å². The minimum Gasteiger partial charge on any atom is -0.350 e. The number of benzene rings is 1. The molecule has 2 aromatic rings. The fraction of sp³-hybridized carbons (Fsp3) is 0.312. The van der Waals surface area contributed by atoms with Crippen molar-refractivity contribution in [2.24, 2.45) is 13.0 Å². The summed E-state index contributed by atoms with van der Waals surface area (Å²) in [5.41, 5.74) is 2.88. The lowest BCUT2D eigenvalue weighted by molar-refractivity contribution is 0.0934. The lowest BCUT2D eigenvalue weighted by Crippen LogP contribution is -2.48. The van der Waals surface area contributed by atoms with Gasteiger partial charge in [0.2, 0.25) is 0 Å². The minimum atomic E-state index is 0.00146. The molecule has 0 bridgehead atoms. The van der Waals surface area contributed by atoms with Gasteiger partial charge in [-0.05, 0) is 17.7 Å². The van der Waals surface area contributed by atoms with Crippen molar-refractivity contribution in [3.05, 3.63) is 48.2 Å². The van der Waals surface area contributed by atoms with E-state index in [0.29, 0.717) is 11.6 Å². The number of aromatic nitrogens is 1. The van der Waals surface area contributed by atoms with Gasteiger partial charge in [-0.2, -0.15) is 0 Å². The Morgan fingerprint density at radius 3 is 2.65 bits per heavy atom. The van der Waals surface area contributed by atoms with Gasteiger partial charge in [-0.3, -0.25) is 4.79 Å². The van der Waals surface area contributed by atoms with Crippen LogP contribution in [0.5, 0.6) is 0 Å². The summed E-state index contributed by atoms with van der Waals surface area (Å²) < 4.78 is 1.95. The Balaban J connectivity index is 1.74. The van der Waals surface area contributed by atoms with Crippen molar-refractivity contribution in [2.45, 2.75) is 0 Å². The second-order valence-electron chi connectivity index (χ2n) is 5.26. The number of carbonyl (C=O) groups excluding carboxylic acids is 1. The number of amides is 1. The average Bonchev–Trinajstić information content (AvgIpc) is 2.80. The molecule has 0 atom stereocenters. The first-order chi connectivity index (χ1) is 9.75. The van der Waals surface area contributed by atoms with Gasteiger partial charge in [0.1, 0.15) is 5.69 Å². The third kappa shape index (κ3) is 2.47. The highest BCUT2D eigenvalue weighted by Crippen LogP contribution is 2.21. The van der Waals surface area contributed by atoms with E-state index in [0.717, 1.165) is 30.9 Å². The molecule has 2 N–H and O–H groups in total. The molecule has 20 heavy (non-hydrogen) atoms. The Kier molecular flexibility index (Phi) is 3.56. The summed E-state index contributed by atoms with van der Waals surface area (Å²) in [6.45, 7) is 2.75. The zero-order valence-electron chi connectivity index (χ0n) is 11.6. The maximum Gasteiger partial charge on any atom is 0.267 e. The van der Waals surface area contributed by atoms with E-state index in [1.165, 1.54) is 0 Å². The highest BCUT2D eigenvalue weighted by molar-refractivity contribution is 5.93. The van der Waals surface area contributed by atoms with Crippen molar-refractivity contribution < 1.29 is 4.79 Å². The topological polar surface area (TPSA) is 46.1 Å². The van der Waals surface area contributed by atoms with Gasteiger partial charge in [0.05, 0.1) is 0 Å². The quantitative estimate of drug-likeness (QED) is 0.886. The number of carbonyl (C=O) groups is 1. The van der Waals surface area contributed by atoms with E-state index in [9.17, 15) is 4.79 Å². The molecule has 1 amide bonds. The Hall–Kier alpha value is -2.07. The molecule has 0 aliphatic carbocycles. The summed E-state index contributed by atoms with van der Waals surface area (Å²) in [4.78, 5) is 12.2. The van der Waals surface area contributed by atoms with Crippen molar-refractivity contribution in [3.8, 4) is 11.3 Å². The second kappa shape index (κ2) is 5.51. The molecule has 1 aliphatic heterocycles. The number of nitrogens with one attached hydrogen (secondary N) is 2. The van der Waals surface area contributed by atoms with Gasteiger partial charge in [0, 0.05) is 38.3 Å². The smallest absolute Gasteiger partial charge is 0.267 e. The van der Waals surface area contributed by atoms with E-state index in [1.807, 2.05) is 41.9 Å². The van der Waals surface area contributed by atoms with E-state index in [4.69, 9.17) is 0 Å². The van der Waals surface area contributed by atoms with Gasteiger partial charge in [-0.1, -0.05) is 30.3 Å². The molecule has 1 aromatic carbocycles. The number of nitrogens with zero attached hydrogens (tertiary/aromatic N) is 1. The Bertz CT molecular complexity index is 599. The highest BCUT2D eigenvalue weighted by atomic mass is 16.1. The van der Waals surface area contributed by atoms with Gasteiger partial charge in [0.25, 0.3) is 5.91 Å². The molecule has 4 heteroatoms. The van der Waals surface area contributed by atoms with Gasteiger partial charge < -0.3 is 15.2 Å². The monoisotopic (exact) mass is 269 g/mol. The van der Waals surface area contributed by atoms with Crippen LogP contribution in [0, 0.1) is 5.92 Å². The van der Waals surface area contributed by atoms with Crippen LogP contribution in [0.4, 0.5) is 0 Å². The second-order valence-corrected chi connectivity index (χ2v) is 5.26. The maximum atomic E-state index is 12.2. The number of hydrogen-bond donors (Lipinski definition) is 2. The Morgan fingerprint density at radius 1 is 1.25 bits per heavy atom. The predicted octanol–water partition coefficient (Wildman–Crippen LogP) is 1.64. The summed E-state index contributed by atoms with van der Waals surface area (Å²) in [6.07, 6.45) is 0. The van der Waals surface area contributed by atoms with Crippen LogP contribution in [-0.2, 0) is 7.05 Å². The van der Waals surface area contributed by atoms with Crippen molar-refractivity contribution >= 4 is 5.91 Å². The fourth-order valence-electron chi connectivity index (χ4n) is 2.46. The third-order valence-corrected chi connectivity index (χ3v) is 3.84. The molecule has 0 spiro atoms. The molecule has 1 aromatic heterocycles. The summed E-state index contributed by atoms with van der Waals surface area (Å²) in [5.74, 6) is 0.578. The molecular weight excluding hydrogens is 250 g/mol. The van der Waals surface area contributed by atoms with Crippen molar-refractivity contribution in [1.29, 1.82) is 0 Å². The van der Waals surface area contributed by atoms with Crippen molar-refractivity contribution in [2.75, 3.05) is 19.6 Å². The zero-order valence-corrected chi connectivity index (χ0v) is 11.6. The molecule has 3 rings (SSSR count). The van der Waals surface area contributed by atoms with E-state index in [-0.39, 0.29) is 5.91 Å². The predicted molar refractivity (Wildman–Crippen MR) is 79.5 cm³/mol. The molecule has 104 valence electrons. The van der Waals surface area contributed by atoms with Crippen LogP contribution in [-0.4, -0.2) is 30.1 Å². The standard InChI is InChI=1S/C16H19N3O/c1-19-14(13-5-3-2-4-6-13)7-8-15(19)16(20)18-11-12-9-17-10-12/h2-8,12,17H,9-11H2,1H3,(H,18,20). The van der Waals surface area contributed by atoms with Crippen LogP contribution >= 0.6 is 0 Å². The Morgan fingerprint density at radius 2 is 2.00 bits per heavy atom. The first kappa shape index (κ1) is 12.9. The summed E-state index contributed by atoms with van der Waals surface area (Å²) >= 11 is 0. The lowest BCUT2D eigenvalue weighted by Gasteiger charge is -2.27. The molecule has 0 saturated carbocycles. The van der Waals surface area contributed by atoms with Crippen LogP contribution in [0.25, 0.3) is 11.3 Å². The van der Waals surface area contributed by atoms with E-state index in [1.54, 1.807) is 0 Å². The van der Waals surface area contributed by atoms with Crippen molar-refractivity contribution in [1.82, 2.24) is 15.2 Å². The van der Waals surface area contributed by atoms with Crippen LogP contribution in [0.1, 0.15) is 10.5 Å². The van der Waals surface area contributed by atoms with Crippen LogP contribution in [0.3, 0.4) is 0 Å². The van der Waals surface area contributed by atoms with Gasteiger partial charge in [0.15, 0.2) is 0 Å². The number of hydrogen-bond acceptors (Lipinski definition) is 2. The van der Waals surface area contributed by atoms with Crippen LogP contribution in [0.15, 0.2) is 42.5 Å². The fourth-order valence-corrected chi connectivity index (χ4v) is 2.46. The molecule has 2 heterocycles. The first-order valence-electron chi connectivity index (χ1n) is 6.96. The zero-order chi connectivity index (χ0) is 13.9. The lowest BCUT2D eigenvalue weighted by atomic mass is 10.0. The van der Waals surface area contributed by atoms with Crippen molar-refractivity contribution in [3.63, 3.8) is 0 Å². The molecular formula is C16H19N3O. The van der Waals surface area contributed by atoms with E-state index >= 15 is 0 Å². The van der Waals surface area contributed by atoms with Gasteiger partial charge >= 0.3 is 0 Å². The third-order valence-electron chi connectivity index (χ3n) is 3.84. The summed E-state index contributed by atoms with van der Waals surface area (Å²) in [5, 5.41) is 6.21. The molecule has 1 aliphatic rings. The first-order valence-corrected chi connectivity index (χ1v) is 6.96. The maximum absolute atomic E-state index is 12.2. The number of rotatable bonds is 4. The highest BCUT2D eigenvalue weighted by Gasteiger charge is 2.19. The van der Waals surface area contributed by atoms with Gasteiger partial charge in [-0.15, -0.1) is 0 Å². The molecule has 1 saturated heterocycles. The Labute approximate surface area is 118 Å². The minimum absolute atomic E-state index is 0.00146. The summed E-state index contributed by atoms with van der Waals surface area (Å²) in [7, 11) is 1.93. The SMILES string of the molecule is Cn1c(C(=O)NCC2CNC2)ccc1-c1ccccc1. The van der Waals surface area contributed by atoms with E-state index in [2.05, 4.69) is 22.8 Å². The normalized spacial score (nSPS) is 14.8. The van der Waals surface area contributed by atoms with E-state index < -0.39 is 0 Å². The summed E-state index contributed by atoms with van der Waals surface area (Å²) in [6, 6.07) is 14.0. The van der Waals surface area contributed by atoms with Gasteiger partial charge in [-0.25, -0.2) is 0 Å². The van der Waals surface area contributed by atoms with Crippen LogP contribution < -0.4 is 10.6 Å². The molecule has 0 unspecified atom stereocenters. The molecule has 0 radical (unpaired) electrons. The molecule has 1 fully saturated rings. The molecule has 4 nitrogen and oxygen atoms in total. The average molecular weight is 269 g/mol.